The standard InChI is InChI=1S/C12H14N2O3/c1-17-10-3-2-9(13)6-8(10)7-14-11(15)4-5-12(14)16/h2-3,6H,4-5,7,13H2,1H3. The van der Waals surface area contributed by atoms with E-state index in [1.807, 2.05) is 0 Å². The number of nitrogens with two attached hydrogens (primary N) is 1. The van der Waals surface area contributed by atoms with Crippen LogP contribution >= 0.6 is 0 Å². The monoisotopic (exact) mass is 234 g/mol. The zero-order valence-corrected chi connectivity index (χ0v) is 9.60. The fraction of sp³-hybridized carbons (Fsp3) is 0.333. The minimum Gasteiger partial charge on any atom is -0.496 e. The second-order valence-electron chi connectivity index (χ2n) is 3.94. The number of hydrogen-bond donors (Lipinski definition) is 1. The molecule has 0 spiro atoms. The first-order chi connectivity index (χ1) is 8.11. The molecule has 0 unspecified atom stereocenters. The van der Waals surface area contributed by atoms with Crippen molar-refractivity contribution in [2.45, 2.75) is 19.4 Å². The van der Waals surface area contributed by atoms with Crippen LogP contribution in [0.2, 0.25) is 0 Å². The Bertz CT molecular complexity index is 455. The van der Waals surface area contributed by atoms with Gasteiger partial charge in [-0.15, -0.1) is 0 Å². The molecule has 1 aromatic carbocycles. The van der Waals surface area contributed by atoms with Crippen LogP contribution in [0.4, 0.5) is 5.69 Å². The molecule has 1 aliphatic rings. The predicted molar refractivity (Wildman–Crippen MR) is 62.2 cm³/mol. The third kappa shape index (κ3) is 2.22. The quantitative estimate of drug-likeness (QED) is 0.623. The van der Waals surface area contributed by atoms with Gasteiger partial charge in [0, 0.05) is 24.1 Å². The largest absolute Gasteiger partial charge is 0.496 e. The molecule has 0 aromatic heterocycles. The van der Waals surface area contributed by atoms with Crippen molar-refractivity contribution in [1.82, 2.24) is 4.90 Å². The highest BCUT2D eigenvalue weighted by molar-refractivity contribution is 6.01. The molecule has 0 bridgehead atoms. The number of rotatable bonds is 3. The van der Waals surface area contributed by atoms with Gasteiger partial charge in [-0.25, -0.2) is 0 Å². The Morgan fingerprint density at radius 1 is 1.29 bits per heavy atom. The second kappa shape index (κ2) is 4.45. The number of carbonyl (C=O) groups excluding carboxylic acids is 2. The van der Waals surface area contributed by atoms with E-state index in [4.69, 9.17) is 10.5 Å². The van der Waals surface area contributed by atoms with Gasteiger partial charge >= 0.3 is 0 Å². The normalized spacial score (nSPS) is 15.5. The van der Waals surface area contributed by atoms with Crippen LogP contribution in [0.1, 0.15) is 18.4 Å². The van der Waals surface area contributed by atoms with Crippen LogP contribution in [0, 0.1) is 0 Å². The minimum atomic E-state index is -0.139. The number of likely N-dealkylation sites (tertiary alicyclic amines) is 1. The summed E-state index contributed by atoms with van der Waals surface area (Å²) < 4.78 is 5.18. The Morgan fingerprint density at radius 2 is 1.94 bits per heavy atom. The lowest BCUT2D eigenvalue weighted by Crippen LogP contribution is -2.28. The maximum atomic E-state index is 11.5. The lowest BCUT2D eigenvalue weighted by Gasteiger charge is -2.16. The molecule has 1 saturated heterocycles. The number of ether oxygens (including phenoxy) is 1. The molecule has 90 valence electrons. The summed E-state index contributed by atoms with van der Waals surface area (Å²) in [6, 6.07) is 5.17. The van der Waals surface area contributed by atoms with Gasteiger partial charge in [-0.3, -0.25) is 14.5 Å². The molecular weight excluding hydrogens is 220 g/mol. The van der Waals surface area contributed by atoms with Gasteiger partial charge < -0.3 is 10.5 Å². The van der Waals surface area contributed by atoms with Crippen LogP contribution in [0.25, 0.3) is 0 Å². The summed E-state index contributed by atoms with van der Waals surface area (Å²) in [6.45, 7) is 0.228. The van der Waals surface area contributed by atoms with Gasteiger partial charge in [0.05, 0.1) is 13.7 Å². The molecule has 2 N–H and O–H groups in total. The molecule has 1 heterocycles. The van der Waals surface area contributed by atoms with Crippen LogP contribution < -0.4 is 10.5 Å². The number of imide groups is 1. The predicted octanol–water partition coefficient (Wildman–Crippen LogP) is 0.926. The van der Waals surface area contributed by atoms with E-state index in [0.717, 1.165) is 5.56 Å². The summed E-state index contributed by atoms with van der Waals surface area (Å²) in [6.07, 6.45) is 0.590. The summed E-state index contributed by atoms with van der Waals surface area (Å²) in [5, 5.41) is 0. The number of methoxy groups -OCH3 is 1. The first-order valence-electron chi connectivity index (χ1n) is 5.37. The summed E-state index contributed by atoms with van der Waals surface area (Å²) in [5.74, 6) is 0.352. The maximum absolute atomic E-state index is 11.5. The van der Waals surface area contributed by atoms with E-state index in [9.17, 15) is 9.59 Å². The van der Waals surface area contributed by atoms with E-state index in [2.05, 4.69) is 0 Å². The van der Waals surface area contributed by atoms with Gasteiger partial charge in [0.25, 0.3) is 0 Å². The van der Waals surface area contributed by atoms with Crippen LogP contribution in [-0.2, 0) is 16.1 Å². The summed E-state index contributed by atoms with van der Waals surface area (Å²) in [4.78, 5) is 24.3. The summed E-state index contributed by atoms with van der Waals surface area (Å²) in [7, 11) is 1.54. The highest BCUT2D eigenvalue weighted by Gasteiger charge is 2.29. The SMILES string of the molecule is COc1ccc(N)cc1CN1C(=O)CCC1=O. The van der Waals surface area contributed by atoms with Gasteiger partial charge in [-0.1, -0.05) is 0 Å². The minimum absolute atomic E-state index is 0.139. The fourth-order valence-electron chi connectivity index (χ4n) is 1.89. The van der Waals surface area contributed by atoms with Crippen molar-refractivity contribution in [3.8, 4) is 5.75 Å². The molecule has 0 atom stereocenters. The van der Waals surface area contributed by atoms with Crippen LogP contribution in [0.5, 0.6) is 5.75 Å². The number of amides is 2. The zero-order valence-electron chi connectivity index (χ0n) is 9.60. The summed E-state index contributed by atoms with van der Waals surface area (Å²) >= 11 is 0. The fourth-order valence-corrected chi connectivity index (χ4v) is 1.89. The van der Waals surface area contributed by atoms with Gasteiger partial charge in [0.2, 0.25) is 11.8 Å². The molecule has 17 heavy (non-hydrogen) atoms. The van der Waals surface area contributed by atoms with Crippen molar-refractivity contribution in [3.63, 3.8) is 0 Å². The Kier molecular flexibility index (Phi) is 2.99. The van der Waals surface area contributed by atoms with Crippen molar-refractivity contribution < 1.29 is 14.3 Å². The van der Waals surface area contributed by atoms with E-state index in [0.29, 0.717) is 24.3 Å². The lowest BCUT2D eigenvalue weighted by molar-refractivity contribution is -0.139. The van der Waals surface area contributed by atoms with Gasteiger partial charge in [-0.2, -0.15) is 0 Å². The Balaban J connectivity index is 2.25. The third-order valence-electron chi connectivity index (χ3n) is 2.79. The van der Waals surface area contributed by atoms with Gasteiger partial charge in [0.1, 0.15) is 5.75 Å². The molecule has 5 nitrogen and oxygen atoms in total. The molecule has 1 aliphatic heterocycles. The first kappa shape index (κ1) is 11.4. The maximum Gasteiger partial charge on any atom is 0.230 e. The molecule has 1 aromatic rings. The number of anilines is 1. The number of nitrogens with zero attached hydrogens (tertiary/aromatic N) is 1. The molecule has 5 heteroatoms. The summed E-state index contributed by atoms with van der Waals surface area (Å²) in [5.41, 5.74) is 7.01. The highest BCUT2D eigenvalue weighted by atomic mass is 16.5. The average molecular weight is 234 g/mol. The highest BCUT2D eigenvalue weighted by Crippen LogP contribution is 2.25. The van der Waals surface area contributed by atoms with Crippen LogP contribution in [-0.4, -0.2) is 23.8 Å². The molecule has 0 saturated carbocycles. The Labute approximate surface area is 99.2 Å². The van der Waals surface area contributed by atoms with E-state index in [-0.39, 0.29) is 18.4 Å². The molecule has 2 rings (SSSR count). The van der Waals surface area contributed by atoms with Crippen molar-refractivity contribution >= 4 is 17.5 Å². The molecule has 0 radical (unpaired) electrons. The van der Waals surface area contributed by atoms with Gasteiger partial charge in [-0.05, 0) is 18.2 Å². The Hall–Kier alpha value is -2.04. The smallest absolute Gasteiger partial charge is 0.230 e. The number of nitrogen functional groups attached to an aromatic ring is 1. The molecular formula is C12H14N2O3. The average Bonchev–Trinajstić information content (AvgIpc) is 2.61. The molecule has 2 amide bonds. The third-order valence-corrected chi connectivity index (χ3v) is 2.79. The van der Waals surface area contributed by atoms with Crippen molar-refractivity contribution in [2.75, 3.05) is 12.8 Å². The zero-order chi connectivity index (χ0) is 12.4. The second-order valence-corrected chi connectivity index (χ2v) is 3.94. The Morgan fingerprint density at radius 3 is 2.53 bits per heavy atom. The van der Waals surface area contributed by atoms with E-state index in [1.54, 1.807) is 25.3 Å². The topological polar surface area (TPSA) is 72.6 Å². The number of hydrogen-bond acceptors (Lipinski definition) is 4. The van der Waals surface area contributed by atoms with Crippen LogP contribution in [0.3, 0.4) is 0 Å². The molecule has 1 fully saturated rings. The van der Waals surface area contributed by atoms with Crippen molar-refractivity contribution in [3.05, 3.63) is 23.8 Å². The number of carbonyl (C=O) groups is 2. The van der Waals surface area contributed by atoms with E-state index < -0.39 is 0 Å². The van der Waals surface area contributed by atoms with Crippen LogP contribution in [0.15, 0.2) is 18.2 Å². The van der Waals surface area contributed by atoms with E-state index in [1.165, 1.54) is 4.90 Å². The number of benzene rings is 1. The van der Waals surface area contributed by atoms with Crippen molar-refractivity contribution in [2.24, 2.45) is 0 Å². The van der Waals surface area contributed by atoms with Gasteiger partial charge in [0.15, 0.2) is 0 Å². The molecule has 0 aliphatic carbocycles. The lowest BCUT2D eigenvalue weighted by atomic mass is 10.1. The van der Waals surface area contributed by atoms with E-state index >= 15 is 0 Å². The van der Waals surface area contributed by atoms with Crippen molar-refractivity contribution in [1.29, 1.82) is 0 Å². The first-order valence-corrected chi connectivity index (χ1v) is 5.37.